The number of halogens is 2. The van der Waals surface area contributed by atoms with Crippen molar-refractivity contribution in [2.75, 3.05) is 18.7 Å². The van der Waals surface area contributed by atoms with E-state index in [1.807, 2.05) is 36.4 Å². The van der Waals surface area contributed by atoms with E-state index in [9.17, 15) is 5.11 Å². The molecular formula is C15H13Br2NO3. The van der Waals surface area contributed by atoms with Crippen LogP contribution in [0.1, 0.15) is 11.7 Å². The fourth-order valence-corrected chi connectivity index (χ4v) is 3.38. The Morgan fingerprint density at radius 3 is 2.57 bits per heavy atom. The summed E-state index contributed by atoms with van der Waals surface area (Å²) in [6, 6.07) is 11.3. The lowest BCUT2D eigenvalue weighted by molar-refractivity contribution is 0.173. The monoisotopic (exact) mass is 413 g/mol. The number of rotatable bonds is 4. The lowest BCUT2D eigenvalue weighted by Gasteiger charge is -2.15. The molecule has 0 aliphatic carbocycles. The van der Waals surface area contributed by atoms with Gasteiger partial charge in [-0.1, -0.05) is 12.1 Å². The Labute approximate surface area is 139 Å². The van der Waals surface area contributed by atoms with E-state index < -0.39 is 6.10 Å². The van der Waals surface area contributed by atoms with Gasteiger partial charge in [0.25, 0.3) is 0 Å². The van der Waals surface area contributed by atoms with Gasteiger partial charge in [0.2, 0.25) is 6.79 Å². The number of fused-ring (bicyclic) bond motifs is 1. The van der Waals surface area contributed by atoms with Crippen molar-refractivity contribution in [2.24, 2.45) is 0 Å². The minimum absolute atomic E-state index is 0.233. The molecule has 0 aromatic heterocycles. The number of ether oxygens (including phenoxy) is 2. The fourth-order valence-electron chi connectivity index (χ4n) is 2.10. The number of aliphatic hydroxyl groups is 1. The van der Waals surface area contributed by atoms with Crippen LogP contribution >= 0.6 is 31.9 Å². The summed E-state index contributed by atoms with van der Waals surface area (Å²) in [5.74, 6) is 1.39. The lowest BCUT2D eigenvalue weighted by Crippen LogP contribution is -2.12. The largest absolute Gasteiger partial charge is 0.454 e. The van der Waals surface area contributed by atoms with E-state index in [0.29, 0.717) is 18.0 Å². The van der Waals surface area contributed by atoms with Crippen molar-refractivity contribution in [3.63, 3.8) is 0 Å². The minimum atomic E-state index is -0.640. The molecule has 1 atom stereocenters. The van der Waals surface area contributed by atoms with Crippen LogP contribution in [0.25, 0.3) is 0 Å². The summed E-state index contributed by atoms with van der Waals surface area (Å²) in [7, 11) is 0. The highest BCUT2D eigenvalue weighted by molar-refractivity contribution is 9.11. The van der Waals surface area contributed by atoms with Crippen LogP contribution in [0, 0.1) is 0 Å². The lowest BCUT2D eigenvalue weighted by atomic mass is 10.1. The summed E-state index contributed by atoms with van der Waals surface area (Å²) in [4.78, 5) is 0. The van der Waals surface area contributed by atoms with E-state index in [4.69, 9.17) is 9.47 Å². The quantitative estimate of drug-likeness (QED) is 0.791. The van der Waals surface area contributed by atoms with Gasteiger partial charge in [0, 0.05) is 15.5 Å². The summed E-state index contributed by atoms with van der Waals surface area (Å²) >= 11 is 6.97. The van der Waals surface area contributed by atoms with Crippen LogP contribution in [0.5, 0.6) is 11.5 Å². The molecule has 1 aliphatic rings. The Balaban J connectivity index is 1.70. The molecule has 0 saturated carbocycles. The summed E-state index contributed by atoms with van der Waals surface area (Å²) in [5.41, 5.74) is 1.70. The molecule has 2 aromatic rings. The normalized spacial score (nSPS) is 14.0. The predicted molar refractivity (Wildman–Crippen MR) is 87.9 cm³/mol. The topological polar surface area (TPSA) is 50.7 Å². The SMILES string of the molecule is OC(CNc1c(Br)cccc1Br)c1ccc2c(c1)OCO2. The number of nitrogens with one attached hydrogen (secondary N) is 1. The second-order valence-electron chi connectivity index (χ2n) is 4.61. The Hall–Kier alpha value is -1.24. The van der Waals surface area contributed by atoms with Crippen molar-refractivity contribution in [2.45, 2.75) is 6.10 Å². The standard InChI is InChI=1S/C15H13Br2NO3/c16-10-2-1-3-11(17)15(10)18-7-12(19)9-4-5-13-14(6-9)21-8-20-13/h1-6,12,18-19H,7-8H2. The van der Waals surface area contributed by atoms with Gasteiger partial charge < -0.3 is 19.9 Å². The summed E-state index contributed by atoms with van der Waals surface area (Å²) in [6.45, 7) is 0.623. The number of hydrogen-bond acceptors (Lipinski definition) is 4. The Morgan fingerprint density at radius 1 is 1.10 bits per heavy atom. The Morgan fingerprint density at radius 2 is 1.81 bits per heavy atom. The molecule has 2 aromatic carbocycles. The van der Waals surface area contributed by atoms with E-state index in [-0.39, 0.29) is 6.79 Å². The highest BCUT2D eigenvalue weighted by Gasteiger charge is 2.17. The van der Waals surface area contributed by atoms with Crippen LogP contribution in [-0.2, 0) is 0 Å². The third-order valence-electron chi connectivity index (χ3n) is 3.22. The van der Waals surface area contributed by atoms with Crippen LogP contribution in [-0.4, -0.2) is 18.4 Å². The summed E-state index contributed by atoms with van der Waals surface area (Å²) in [6.07, 6.45) is -0.640. The maximum Gasteiger partial charge on any atom is 0.231 e. The molecule has 21 heavy (non-hydrogen) atoms. The molecule has 0 fully saturated rings. The molecule has 0 saturated heterocycles. The van der Waals surface area contributed by atoms with Gasteiger partial charge in [0.05, 0.1) is 11.8 Å². The zero-order chi connectivity index (χ0) is 14.8. The smallest absolute Gasteiger partial charge is 0.231 e. The van der Waals surface area contributed by atoms with E-state index >= 15 is 0 Å². The number of hydrogen-bond donors (Lipinski definition) is 2. The molecule has 1 aliphatic heterocycles. The van der Waals surface area contributed by atoms with Gasteiger partial charge in [-0.15, -0.1) is 0 Å². The van der Waals surface area contributed by atoms with E-state index in [2.05, 4.69) is 37.2 Å². The first kappa shape index (κ1) is 14.7. The van der Waals surface area contributed by atoms with Gasteiger partial charge in [0.15, 0.2) is 11.5 Å². The molecule has 0 spiro atoms. The van der Waals surface area contributed by atoms with Gasteiger partial charge in [-0.05, 0) is 61.7 Å². The fraction of sp³-hybridized carbons (Fsp3) is 0.200. The van der Waals surface area contributed by atoms with Crippen LogP contribution in [0.2, 0.25) is 0 Å². The summed E-state index contributed by atoms with van der Waals surface area (Å²) in [5, 5.41) is 13.5. The average Bonchev–Trinajstić information content (AvgIpc) is 2.93. The molecule has 4 nitrogen and oxygen atoms in total. The van der Waals surface area contributed by atoms with Gasteiger partial charge in [0.1, 0.15) is 0 Å². The predicted octanol–water partition coefficient (Wildman–Crippen LogP) is 4.09. The minimum Gasteiger partial charge on any atom is -0.454 e. The van der Waals surface area contributed by atoms with Crippen molar-refractivity contribution in [1.82, 2.24) is 0 Å². The van der Waals surface area contributed by atoms with Crippen LogP contribution < -0.4 is 14.8 Å². The van der Waals surface area contributed by atoms with Gasteiger partial charge in [-0.2, -0.15) is 0 Å². The van der Waals surface area contributed by atoms with Gasteiger partial charge in [-0.3, -0.25) is 0 Å². The average molecular weight is 415 g/mol. The highest BCUT2D eigenvalue weighted by atomic mass is 79.9. The van der Waals surface area contributed by atoms with Crippen LogP contribution in [0.15, 0.2) is 45.3 Å². The molecule has 1 unspecified atom stereocenters. The molecule has 6 heteroatoms. The van der Waals surface area contributed by atoms with Crippen LogP contribution in [0.3, 0.4) is 0 Å². The van der Waals surface area contributed by atoms with E-state index in [1.165, 1.54) is 0 Å². The highest BCUT2D eigenvalue weighted by Crippen LogP contribution is 2.35. The number of benzene rings is 2. The third-order valence-corrected chi connectivity index (χ3v) is 4.54. The Kier molecular flexibility index (Phi) is 4.37. The van der Waals surface area contributed by atoms with Gasteiger partial charge >= 0.3 is 0 Å². The van der Waals surface area contributed by atoms with Crippen molar-refractivity contribution in [1.29, 1.82) is 0 Å². The van der Waals surface area contributed by atoms with Crippen molar-refractivity contribution in [3.8, 4) is 11.5 Å². The van der Waals surface area contributed by atoms with E-state index in [1.54, 1.807) is 0 Å². The maximum absolute atomic E-state index is 10.3. The van der Waals surface area contributed by atoms with Crippen molar-refractivity contribution < 1.29 is 14.6 Å². The maximum atomic E-state index is 10.3. The zero-order valence-electron chi connectivity index (χ0n) is 11.0. The van der Waals surface area contributed by atoms with E-state index in [0.717, 1.165) is 20.2 Å². The van der Waals surface area contributed by atoms with Gasteiger partial charge in [-0.25, -0.2) is 0 Å². The Bertz CT molecular complexity index is 643. The molecule has 0 bridgehead atoms. The second kappa shape index (κ2) is 6.25. The van der Waals surface area contributed by atoms with Crippen LogP contribution in [0.4, 0.5) is 5.69 Å². The molecule has 3 rings (SSSR count). The third kappa shape index (κ3) is 3.17. The molecular weight excluding hydrogens is 402 g/mol. The molecule has 110 valence electrons. The number of aliphatic hydroxyl groups excluding tert-OH is 1. The number of anilines is 1. The summed E-state index contributed by atoms with van der Waals surface area (Å²) < 4.78 is 12.5. The van der Waals surface area contributed by atoms with Crippen molar-refractivity contribution in [3.05, 3.63) is 50.9 Å². The first-order chi connectivity index (χ1) is 10.1. The number of para-hydroxylation sites is 1. The zero-order valence-corrected chi connectivity index (χ0v) is 14.1. The van der Waals surface area contributed by atoms with Crippen molar-refractivity contribution >= 4 is 37.5 Å². The molecule has 0 radical (unpaired) electrons. The molecule has 1 heterocycles. The molecule has 0 amide bonds. The molecule has 2 N–H and O–H groups in total. The second-order valence-corrected chi connectivity index (χ2v) is 6.31. The first-order valence-electron chi connectivity index (χ1n) is 6.40. The first-order valence-corrected chi connectivity index (χ1v) is 7.99.